The molecule has 2 amide bonds. The summed E-state index contributed by atoms with van der Waals surface area (Å²) in [5, 5.41) is 20.9. The number of hydrogen-bond acceptors (Lipinski definition) is 8. The lowest BCUT2D eigenvalue weighted by molar-refractivity contribution is -0.117. The molecular formula is C21H24N8O3. The lowest BCUT2D eigenvalue weighted by Crippen LogP contribution is -2.22. The molecular weight excluding hydrogens is 412 g/mol. The monoisotopic (exact) mass is 436 g/mol. The first-order chi connectivity index (χ1) is 15.4. The number of amides is 2. The van der Waals surface area contributed by atoms with Crippen LogP contribution in [0.25, 0.3) is 11.4 Å². The van der Waals surface area contributed by atoms with Gasteiger partial charge in [0, 0.05) is 26.1 Å². The van der Waals surface area contributed by atoms with Crippen LogP contribution in [0.2, 0.25) is 0 Å². The van der Waals surface area contributed by atoms with Gasteiger partial charge in [-0.15, -0.1) is 10.2 Å². The first-order valence-electron chi connectivity index (χ1n) is 10.1. The Morgan fingerprint density at radius 1 is 1.19 bits per heavy atom. The normalized spacial score (nSPS) is 12.9. The smallest absolute Gasteiger partial charge is 0.273 e. The van der Waals surface area contributed by atoms with Gasteiger partial charge in [-0.1, -0.05) is 6.07 Å². The van der Waals surface area contributed by atoms with E-state index in [-0.39, 0.29) is 23.3 Å². The highest BCUT2D eigenvalue weighted by atomic mass is 16.5. The van der Waals surface area contributed by atoms with E-state index in [0.29, 0.717) is 28.5 Å². The van der Waals surface area contributed by atoms with Crippen molar-refractivity contribution in [2.45, 2.75) is 19.8 Å². The summed E-state index contributed by atoms with van der Waals surface area (Å²) < 4.78 is 7.34. The van der Waals surface area contributed by atoms with Gasteiger partial charge < -0.3 is 20.7 Å². The maximum Gasteiger partial charge on any atom is 0.273 e. The number of hydrogen-bond donors (Lipinski definition) is 3. The Hall–Kier alpha value is -4.02. The Kier molecular flexibility index (Phi) is 5.71. The zero-order chi connectivity index (χ0) is 22.8. The molecule has 0 spiro atoms. The Morgan fingerprint density at radius 3 is 2.59 bits per heavy atom. The molecule has 2 heterocycles. The molecule has 1 saturated carbocycles. The number of nitrogens with zero attached hydrogens (tertiary/aromatic N) is 5. The fourth-order valence-electron chi connectivity index (χ4n) is 3.16. The molecule has 0 bridgehead atoms. The highest BCUT2D eigenvalue weighted by Gasteiger charge is 2.30. The molecule has 166 valence electrons. The van der Waals surface area contributed by atoms with Crippen LogP contribution in [0.5, 0.6) is 5.75 Å². The molecule has 4 rings (SSSR count). The van der Waals surface area contributed by atoms with Crippen molar-refractivity contribution in [1.29, 1.82) is 0 Å². The number of anilines is 3. The molecule has 32 heavy (non-hydrogen) atoms. The van der Waals surface area contributed by atoms with Crippen LogP contribution in [0.3, 0.4) is 0 Å². The fraction of sp³-hybridized carbons (Fsp3) is 0.333. The van der Waals surface area contributed by atoms with Crippen molar-refractivity contribution in [3.8, 4) is 17.1 Å². The average molecular weight is 436 g/mol. The minimum atomic E-state index is -0.419. The number of carbonyl (C=O) groups is 2. The molecule has 2 aromatic heterocycles. The number of aryl methyl sites for hydroxylation is 2. The summed E-state index contributed by atoms with van der Waals surface area (Å²) in [6.45, 7) is 1.86. The third-order valence-corrected chi connectivity index (χ3v) is 5.15. The van der Waals surface area contributed by atoms with Gasteiger partial charge in [-0.25, -0.2) is 4.98 Å². The largest absolute Gasteiger partial charge is 0.494 e. The molecule has 3 aromatic rings. The number of rotatable bonds is 7. The molecule has 1 aliphatic carbocycles. The molecule has 0 unspecified atom stereocenters. The Bertz CT molecular complexity index is 1170. The zero-order valence-corrected chi connectivity index (χ0v) is 18.3. The second-order valence-corrected chi connectivity index (χ2v) is 7.45. The summed E-state index contributed by atoms with van der Waals surface area (Å²) in [7, 11) is 4.87. The Labute approximate surface area is 184 Å². The van der Waals surface area contributed by atoms with Gasteiger partial charge in [0.05, 0.1) is 24.0 Å². The minimum Gasteiger partial charge on any atom is -0.494 e. The fourth-order valence-corrected chi connectivity index (χ4v) is 3.16. The van der Waals surface area contributed by atoms with Crippen molar-refractivity contribution in [2.24, 2.45) is 13.0 Å². The van der Waals surface area contributed by atoms with Crippen LogP contribution in [0, 0.1) is 12.8 Å². The molecule has 11 heteroatoms. The average Bonchev–Trinajstić information content (AvgIpc) is 3.58. The first kappa shape index (κ1) is 21.2. The van der Waals surface area contributed by atoms with Crippen molar-refractivity contribution in [3.63, 3.8) is 0 Å². The second kappa shape index (κ2) is 8.61. The van der Waals surface area contributed by atoms with Crippen molar-refractivity contribution < 1.29 is 14.3 Å². The quantitative estimate of drug-likeness (QED) is 0.512. The molecule has 0 saturated heterocycles. The van der Waals surface area contributed by atoms with E-state index in [0.717, 1.165) is 18.7 Å². The summed E-state index contributed by atoms with van der Waals surface area (Å²) in [4.78, 5) is 29.0. The second-order valence-electron chi connectivity index (χ2n) is 7.45. The summed E-state index contributed by atoms with van der Waals surface area (Å²) in [6, 6.07) is 7.06. The van der Waals surface area contributed by atoms with Crippen LogP contribution in [0.1, 0.15) is 29.2 Å². The number of ether oxygens (including phenoxy) is 1. The topological polar surface area (TPSA) is 136 Å². The molecule has 1 aromatic carbocycles. The van der Waals surface area contributed by atoms with Gasteiger partial charge in [0.15, 0.2) is 23.1 Å². The third-order valence-electron chi connectivity index (χ3n) is 5.15. The van der Waals surface area contributed by atoms with E-state index < -0.39 is 5.91 Å². The SMILES string of the molecule is CNC(=O)c1nnc(NC(=O)C2CC2)cc1Nc1cccc(-c2nc(C)n(C)n2)c1OC. The molecule has 1 aliphatic rings. The van der Waals surface area contributed by atoms with Crippen molar-refractivity contribution >= 4 is 29.0 Å². The summed E-state index contributed by atoms with van der Waals surface area (Å²) >= 11 is 0. The van der Waals surface area contributed by atoms with Crippen LogP contribution in [0.15, 0.2) is 24.3 Å². The van der Waals surface area contributed by atoms with Crippen molar-refractivity contribution in [1.82, 2.24) is 30.3 Å². The standard InChI is InChI=1S/C21H24N8O3/c1-11-23-19(28-29(11)3)13-6-5-7-14(18(13)32-4)24-15-10-16(25-20(30)12-8-9-12)26-27-17(15)21(31)22-2/h5-7,10,12H,8-9H2,1-4H3,(H,22,31)(H2,24,25,26,30). The molecule has 0 radical (unpaired) electrons. The van der Waals surface area contributed by atoms with Crippen LogP contribution < -0.4 is 20.7 Å². The lowest BCUT2D eigenvalue weighted by atomic mass is 10.1. The molecule has 0 atom stereocenters. The summed E-state index contributed by atoms with van der Waals surface area (Å²) in [5.41, 5.74) is 1.71. The Morgan fingerprint density at radius 2 is 1.97 bits per heavy atom. The number of para-hydroxylation sites is 1. The maximum atomic E-state index is 12.4. The summed E-state index contributed by atoms with van der Waals surface area (Å²) in [5.74, 6) is 1.53. The number of benzene rings is 1. The number of nitrogens with one attached hydrogen (secondary N) is 3. The van der Waals surface area contributed by atoms with Crippen LogP contribution in [0.4, 0.5) is 17.2 Å². The van der Waals surface area contributed by atoms with Crippen molar-refractivity contribution in [2.75, 3.05) is 24.8 Å². The molecule has 1 fully saturated rings. The van der Waals surface area contributed by atoms with E-state index in [1.54, 1.807) is 23.9 Å². The van der Waals surface area contributed by atoms with E-state index in [1.807, 2.05) is 26.1 Å². The minimum absolute atomic E-state index is 0.0120. The van der Waals surface area contributed by atoms with E-state index in [9.17, 15) is 9.59 Å². The van der Waals surface area contributed by atoms with E-state index in [2.05, 4.69) is 36.2 Å². The van der Waals surface area contributed by atoms with Gasteiger partial charge in [0.1, 0.15) is 5.82 Å². The lowest BCUT2D eigenvalue weighted by Gasteiger charge is -2.16. The third kappa shape index (κ3) is 4.22. The molecule has 11 nitrogen and oxygen atoms in total. The van der Waals surface area contributed by atoms with E-state index in [4.69, 9.17) is 4.74 Å². The predicted molar refractivity (Wildman–Crippen MR) is 118 cm³/mol. The van der Waals surface area contributed by atoms with E-state index >= 15 is 0 Å². The Balaban J connectivity index is 1.72. The number of carbonyl (C=O) groups excluding carboxylic acids is 2. The van der Waals surface area contributed by atoms with Crippen LogP contribution >= 0.6 is 0 Å². The predicted octanol–water partition coefficient (Wildman–Crippen LogP) is 2.04. The first-order valence-corrected chi connectivity index (χ1v) is 10.1. The highest BCUT2D eigenvalue weighted by molar-refractivity contribution is 6.00. The summed E-state index contributed by atoms with van der Waals surface area (Å²) in [6.07, 6.45) is 1.73. The number of methoxy groups -OCH3 is 1. The molecule has 0 aliphatic heterocycles. The van der Waals surface area contributed by atoms with Gasteiger partial charge in [-0.05, 0) is 31.9 Å². The molecule has 3 N–H and O–H groups in total. The zero-order valence-electron chi connectivity index (χ0n) is 18.3. The van der Waals surface area contributed by atoms with Gasteiger partial charge in [-0.2, -0.15) is 5.10 Å². The van der Waals surface area contributed by atoms with Crippen LogP contribution in [-0.2, 0) is 11.8 Å². The number of aromatic nitrogens is 5. The van der Waals surface area contributed by atoms with E-state index in [1.165, 1.54) is 7.05 Å². The van der Waals surface area contributed by atoms with Gasteiger partial charge >= 0.3 is 0 Å². The van der Waals surface area contributed by atoms with Gasteiger partial charge in [0.25, 0.3) is 5.91 Å². The van der Waals surface area contributed by atoms with Crippen molar-refractivity contribution in [3.05, 3.63) is 35.8 Å². The van der Waals surface area contributed by atoms with Gasteiger partial charge in [-0.3, -0.25) is 14.3 Å². The highest BCUT2D eigenvalue weighted by Crippen LogP contribution is 2.37. The van der Waals surface area contributed by atoms with Crippen LogP contribution in [-0.4, -0.2) is 50.9 Å². The van der Waals surface area contributed by atoms with Gasteiger partial charge in [0.2, 0.25) is 5.91 Å². The maximum absolute atomic E-state index is 12.4.